The number of amides is 1. The summed E-state index contributed by atoms with van der Waals surface area (Å²) in [5.74, 6) is 0.148. The van der Waals surface area contributed by atoms with Gasteiger partial charge in [0.2, 0.25) is 5.91 Å². The SMILES string of the molecule is COc1cc(OC)c(NC(=O)/C=C/c2cccc(C(F)(F)F)c2)cc1Cl. The molecule has 2 aromatic rings. The second-order valence-electron chi connectivity index (χ2n) is 5.13. The summed E-state index contributed by atoms with van der Waals surface area (Å²) in [5, 5.41) is 2.82. The fraction of sp³-hybridized carbons (Fsp3) is 0.167. The van der Waals surface area contributed by atoms with Crippen LogP contribution in [0.25, 0.3) is 6.08 Å². The minimum absolute atomic E-state index is 0.245. The van der Waals surface area contributed by atoms with Gasteiger partial charge in [0.25, 0.3) is 0 Å². The van der Waals surface area contributed by atoms with Gasteiger partial charge in [0.1, 0.15) is 11.5 Å². The Kier molecular flexibility index (Phi) is 6.15. The fourth-order valence-corrected chi connectivity index (χ4v) is 2.36. The first-order valence-electron chi connectivity index (χ1n) is 7.32. The minimum Gasteiger partial charge on any atom is -0.495 e. The minimum atomic E-state index is -4.45. The van der Waals surface area contributed by atoms with Crippen LogP contribution in [0.5, 0.6) is 11.5 Å². The van der Waals surface area contributed by atoms with Crippen LogP contribution in [0.4, 0.5) is 18.9 Å². The van der Waals surface area contributed by atoms with Crippen molar-refractivity contribution in [1.29, 1.82) is 0 Å². The van der Waals surface area contributed by atoms with Gasteiger partial charge in [-0.3, -0.25) is 4.79 Å². The molecule has 0 spiro atoms. The van der Waals surface area contributed by atoms with Gasteiger partial charge in [0, 0.05) is 12.1 Å². The molecule has 0 saturated carbocycles. The highest BCUT2D eigenvalue weighted by Crippen LogP contribution is 2.36. The Balaban J connectivity index is 2.17. The summed E-state index contributed by atoms with van der Waals surface area (Å²) in [6, 6.07) is 7.61. The number of alkyl halides is 3. The third kappa shape index (κ3) is 4.92. The molecule has 0 heterocycles. The first-order valence-corrected chi connectivity index (χ1v) is 7.70. The lowest BCUT2D eigenvalue weighted by molar-refractivity contribution is -0.137. The van der Waals surface area contributed by atoms with E-state index in [0.717, 1.165) is 18.2 Å². The fourth-order valence-electron chi connectivity index (χ4n) is 2.12. The molecular formula is C18H15ClF3NO3. The van der Waals surface area contributed by atoms with E-state index in [2.05, 4.69) is 5.32 Å². The number of hydrogen-bond donors (Lipinski definition) is 1. The number of benzene rings is 2. The van der Waals surface area contributed by atoms with Crippen LogP contribution in [0.2, 0.25) is 5.02 Å². The van der Waals surface area contributed by atoms with Crippen molar-refractivity contribution in [2.24, 2.45) is 0 Å². The van der Waals surface area contributed by atoms with Crippen molar-refractivity contribution >= 4 is 29.3 Å². The Hall–Kier alpha value is -2.67. The number of halogens is 4. The second kappa shape index (κ2) is 8.14. The van der Waals surface area contributed by atoms with Crippen LogP contribution in [0.1, 0.15) is 11.1 Å². The van der Waals surface area contributed by atoms with Crippen molar-refractivity contribution in [2.45, 2.75) is 6.18 Å². The molecule has 0 aliphatic carbocycles. The van der Waals surface area contributed by atoms with E-state index < -0.39 is 17.6 Å². The van der Waals surface area contributed by atoms with Gasteiger partial charge < -0.3 is 14.8 Å². The molecule has 0 radical (unpaired) electrons. The topological polar surface area (TPSA) is 47.6 Å². The van der Waals surface area contributed by atoms with E-state index in [1.807, 2.05) is 0 Å². The van der Waals surface area contributed by atoms with Gasteiger partial charge >= 0.3 is 6.18 Å². The van der Waals surface area contributed by atoms with Crippen molar-refractivity contribution in [1.82, 2.24) is 0 Å². The lowest BCUT2D eigenvalue weighted by Crippen LogP contribution is -2.09. The lowest BCUT2D eigenvalue weighted by Gasteiger charge is -2.12. The van der Waals surface area contributed by atoms with Crippen LogP contribution in [0, 0.1) is 0 Å². The molecule has 0 fully saturated rings. The molecule has 1 amide bonds. The van der Waals surface area contributed by atoms with Gasteiger partial charge in [-0.2, -0.15) is 13.2 Å². The number of carbonyl (C=O) groups is 1. The highest BCUT2D eigenvalue weighted by atomic mass is 35.5. The third-order valence-electron chi connectivity index (χ3n) is 3.37. The summed E-state index contributed by atoms with van der Waals surface area (Å²) in [4.78, 5) is 12.1. The molecular weight excluding hydrogens is 371 g/mol. The van der Waals surface area contributed by atoms with E-state index in [1.54, 1.807) is 0 Å². The van der Waals surface area contributed by atoms with E-state index >= 15 is 0 Å². The van der Waals surface area contributed by atoms with Crippen molar-refractivity contribution in [3.05, 3.63) is 58.6 Å². The number of methoxy groups -OCH3 is 2. The van der Waals surface area contributed by atoms with Crippen molar-refractivity contribution < 1.29 is 27.4 Å². The third-order valence-corrected chi connectivity index (χ3v) is 3.67. The van der Waals surface area contributed by atoms with Crippen LogP contribution in [0.15, 0.2) is 42.5 Å². The second-order valence-corrected chi connectivity index (χ2v) is 5.54. The molecule has 0 atom stereocenters. The van der Waals surface area contributed by atoms with E-state index in [9.17, 15) is 18.0 Å². The molecule has 0 saturated heterocycles. The van der Waals surface area contributed by atoms with Crippen molar-refractivity contribution in [3.8, 4) is 11.5 Å². The van der Waals surface area contributed by atoms with Gasteiger partial charge in [-0.05, 0) is 29.8 Å². The molecule has 0 unspecified atom stereocenters. The summed E-state index contributed by atoms with van der Waals surface area (Å²) in [6.45, 7) is 0. The quantitative estimate of drug-likeness (QED) is 0.734. The summed E-state index contributed by atoms with van der Waals surface area (Å²) < 4.78 is 48.3. The Labute approximate surface area is 153 Å². The number of anilines is 1. The average Bonchev–Trinajstić information content (AvgIpc) is 2.60. The molecule has 1 N–H and O–H groups in total. The average molecular weight is 386 g/mol. The van der Waals surface area contributed by atoms with Crippen LogP contribution >= 0.6 is 11.6 Å². The van der Waals surface area contributed by atoms with Crippen LogP contribution in [-0.2, 0) is 11.0 Å². The molecule has 0 aliphatic rings. The van der Waals surface area contributed by atoms with Gasteiger partial charge in [-0.15, -0.1) is 0 Å². The Bertz CT molecular complexity index is 835. The standard InChI is InChI=1S/C18H15ClF3NO3/c1-25-15-10-16(26-2)14(9-13(15)19)23-17(24)7-6-11-4-3-5-12(8-11)18(20,21)22/h3-10H,1-2H3,(H,23,24)/b7-6+. The van der Waals surface area contributed by atoms with Crippen LogP contribution in [0.3, 0.4) is 0 Å². The number of ether oxygens (including phenoxy) is 2. The molecule has 0 aromatic heterocycles. The molecule has 2 rings (SSSR count). The Morgan fingerprint density at radius 2 is 1.81 bits per heavy atom. The first kappa shape index (κ1) is 19.7. The lowest BCUT2D eigenvalue weighted by atomic mass is 10.1. The highest BCUT2D eigenvalue weighted by Gasteiger charge is 2.30. The Morgan fingerprint density at radius 1 is 1.12 bits per heavy atom. The van der Waals surface area contributed by atoms with E-state index in [1.165, 1.54) is 44.6 Å². The van der Waals surface area contributed by atoms with E-state index in [-0.39, 0.29) is 10.6 Å². The number of nitrogens with one attached hydrogen (secondary N) is 1. The van der Waals surface area contributed by atoms with Crippen LogP contribution < -0.4 is 14.8 Å². The zero-order chi connectivity index (χ0) is 19.3. The van der Waals surface area contributed by atoms with Gasteiger partial charge in [0.15, 0.2) is 0 Å². The number of rotatable bonds is 5. The maximum absolute atomic E-state index is 12.7. The molecule has 0 aliphatic heterocycles. The van der Waals surface area contributed by atoms with E-state index in [0.29, 0.717) is 17.2 Å². The zero-order valence-electron chi connectivity index (χ0n) is 13.9. The molecule has 8 heteroatoms. The van der Waals surface area contributed by atoms with Gasteiger partial charge in [-0.1, -0.05) is 23.7 Å². The molecule has 2 aromatic carbocycles. The van der Waals surface area contributed by atoms with Crippen molar-refractivity contribution in [3.63, 3.8) is 0 Å². The zero-order valence-corrected chi connectivity index (χ0v) is 14.6. The molecule has 0 bridgehead atoms. The number of carbonyl (C=O) groups excluding carboxylic acids is 1. The maximum atomic E-state index is 12.7. The monoisotopic (exact) mass is 385 g/mol. The van der Waals surface area contributed by atoms with Crippen molar-refractivity contribution in [2.75, 3.05) is 19.5 Å². The smallest absolute Gasteiger partial charge is 0.416 e. The molecule has 4 nitrogen and oxygen atoms in total. The van der Waals surface area contributed by atoms with Gasteiger partial charge in [-0.25, -0.2) is 0 Å². The number of hydrogen-bond acceptors (Lipinski definition) is 3. The largest absolute Gasteiger partial charge is 0.495 e. The summed E-state index contributed by atoms with van der Waals surface area (Å²) >= 11 is 6.02. The van der Waals surface area contributed by atoms with E-state index in [4.69, 9.17) is 21.1 Å². The maximum Gasteiger partial charge on any atom is 0.416 e. The normalized spacial score (nSPS) is 11.5. The van der Waals surface area contributed by atoms with Crippen LogP contribution in [-0.4, -0.2) is 20.1 Å². The molecule has 26 heavy (non-hydrogen) atoms. The predicted molar refractivity (Wildman–Crippen MR) is 93.7 cm³/mol. The predicted octanol–water partition coefficient (Wildman–Crippen LogP) is 5.03. The summed E-state index contributed by atoms with van der Waals surface area (Å²) in [7, 11) is 2.85. The van der Waals surface area contributed by atoms with Gasteiger partial charge in [0.05, 0.1) is 30.5 Å². The molecule has 138 valence electrons. The summed E-state index contributed by atoms with van der Waals surface area (Å²) in [6.07, 6.45) is -2.05. The highest BCUT2D eigenvalue weighted by molar-refractivity contribution is 6.32. The Morgan fingerprint density at radius 3 is 2.42 bits per heavy atom. The first-order chi connectivity index (χ1) is 12.2. The summed E-state index contributed by atoms with van der Waals surface area (Å²) in [5.41, 5.74) is -0.240.